The third kappa shape index (κ3) is 37.5. The van der Waals surface area contributed by atoms with E-state index in [0.717, 1.165) is 51.4 Å². The molecular weight excluding hydrogens is 677 g/mol. The normalized spacial score (nSPS) is 14.3. The van der Waals surface area contributed by atoms with Crippen molar-refractivity contribution in [1.29, 1.82) is 0 Å². The number of unbranched alkanes of at least 4 members (excludes halogenated alkanes) is 11. The maximum absolute atomic E-state index is 12.6. The molecule has 52 heavy (non-hydrogen) atoms. The second-order valence-electron chi connectivity index (χ2n) is 14.3. The van der Waals surface area contributed by atoms with Crippen LogP contribution in [0.15, 0.2) is 60.8 Å². The van der Waals surface area contributed by atoms with Gasteiger partial charge >= 0.3 is 11.9 Å². The lowest BCUT2D eigenvalue weighted by Crippen LogP contribution is -2.37. The summed E-state index contributed by atoms with van der Waals surface area (Å²) in [5, 5.41) is 0. The van der Waals surface area contributed by atoms with Crippen molar-refractivity contribution in [3.05, 3.63) is 60.8 Å². The number of carbonyl (C=O) groups excluding carboxylic acids is 2. The lowest BCUT2D eigenvalue weighted by molar-refractivity contribution is -0.870. The molecule has 0 N–H and O–H groups in total. The van der Waals surface area contributed by atoms with Gasteiger partial charge in [0.15, 0.2) is 6.10 Å². The van der Waals surface area contributed by atoms with E-state index in [1.807, 2.05) is 27.2 Å². The Morgan fingerprint density at radius 1 is 0.615 bits per heavy atom. The average molecular weight is 752 g/mol. The van der Waals surface area contributed by atoms with E-state index in [9.17, 15) is 19.0 Å². The number of hydrogen-bond donors (Lipinski definition) is 0. The average Bonchev–Trinajstić information content (AvgIpc) is 3.09. The van der Waals surface area contributed by atoms with Crippen LogP contribution in [0.25, 0.3) is 0 Å². The first-order valence-electron chi connectivity index (χ1n) is 20.0. The molecule has 0 spiro atoms. The molecule has 300 valence electrons. The first-order chi connectivity index (χ1) is 25.0. The number of esters is 2. The van der Waals surface area contributed by atoms with Crippen molar-refractivity contribution in [1.82, 2.24) is 0 Å². The largest absolute Gasteiger partial charge is 0.756 e. The topological polar surface area (TPSA) is 111 Å². The SMILES string of the molecule is CC/C=C\C/C=C\C/C=C\C/C=C\C/C=C\CCCC(=O)O[C@H](COC(=O)CCCCCCCCCCCCC)COP(=O)([O-])OCC[N+](C)(C)C. The fourth-order valence-corrected chi connectivity index (χ4v) is 5.65. The Hall–Kier alpha value is -2.29. The van der Waals surface area contributed by atoms with Gasteiger partial charge in [-0.2, -0.15) is 0 Å². The number of phosphoric ester groups is 1. The van der Waals surface area contributed by atoms with E-state index in [2.05, 4.69) is 68.5 Å². The second-order valence-corrected chi connectivity index (χ2v) is 15.7. The first kappa shape index (κ1) is 49.7. The van der Waals surface area contributed by atoms with Gasteiger partial charge in [0.25, 0.3) is 7.82 Å². The highest BCUT2D eigenvalue weighted by Crippen LogP contribution is 2.38. The molecular formula is C42H74NO8P. The van der Waals surface area contributed by atoms with Crippen LogP contribution in [-0.2, 0) is 32.7 Å². The van der Waals surface area contributed by atoms with Crippen molar-refractivity contribution in [3.8, 4) is 0 Å². The summed E-state index contributed by atoms with van der Waals surface area (Å²) in [6, 6.07) is 0. The van der Waals surface area contributed by atoms with Gasteiger partial charge in [-0.1, -0.05) is 139 Å². The molecule has 0 amide bonds. The molecule has 0 aliphatic rings. The molecule has 2 atom stereocenters. The van der Waals surface area contributed by atoms with E-state index >= 15 is 0 Å². The second kappa shape index (κ2) is 34.5. The lowest BCUT2D eigenvalue weighted by Gasteiger charge is -2.28. The van der Waals surface area contributed by atoms with Crippen LogP contribution in [0.1, 0.15) is 142 Å². The molecule has 0 heterocycles. The summed E-state index contributed by atoms with van der Waals surface area (Å²) in [5.41, 5.74) is 0. The monoisotopic (exact) mass is 752 g/mol. The zero-order chi connectivity index (χ0) is 38.6. The quantitative estimate of drug-likeness (QED) is 0.0207. The van der Waals surface area contributed by atoms with Gasteiger partial charge in [-0.3, -0.25) is 14.2 Å². The van der Waals surface area contributed by atoms with Gasteiger partial charge in [-0.05, 0) is 51.4 Å². The molecule has 0 radical (unpaired) electrons. The standard InChI is InChI=1S/C42H74NO8P/c1-6-8-10-12-14-16-18-19-20-21-22-23-25-27-29-31-33-35-42(45)51-40(39-50-52(46,47)49-37-36-43(3,4)5)38-48-41(44)34-32-30-28-26-24-17-15-13-11-9-7-2/h8,10,14,16,19-20,22-23,27,29,40H,6-7,9,11-13,15,17-18,21,24-26,28,30-39H2,1-5H3/b10-8-,16-14-,20-19-,23-22-,29-27-/t40-/m1/s1. The van der Waals surface area contributed by atoms with Gasteiger partial charge in [-0.25, -0.2) is 0 Å². The minimum Gasteiger partial charge on any atom is -0.756 e. The van der Waals surface area contributed by atoms with E-state index in [1.165, 1.54) is 51.4 Å². The van der Waals surface area contributed by atoms with Crippen LogP contribution in [0.5, 0.6) is 0 Å². The predicted molar refractivity (Wildman–Crippen MR) is 213 cm³/mol. The number of rotatable bonds is 35. The molecule has 0 fully saturated rings. The highest BCUT2D eigenvalue weighted by Gasteiger charge is 2.21. The molecule has 0 rings (SSSR count). The van der Waals surface area contributed by atoms with Crippen LogP contribution in [0.2, 0.25) is 0 Å². The summed E-state index contributed by atoms with van der Waals surface area (Å²) in [5.74, 6) is -0.908. The number of nitrogens with zero attached hydrogens (tertiary/aromatic N) is 1. The van der Waals surface area contributed by atoms with Crippen LogP contribution >= 0.6 is 7.82 Å². The Kier molecular flexibility index (Phi) is 33.0. The van der Waals surface area contributed by atoms with Crippen molar-refractivity contribution in [2.24, 2.45) is 0 Å². The molecule has 0 saturated heterocycles. The summed E-state index contributed by atoms with van der Waals surface area (Å²) in [6.45, 7) is 4.01. The van der Waals surface area contributed by atoms with Crippen LogP contribution in [-0.4, -0.2) is 70.0 Å². The third-order valence-corrected chi connectivity index (χ3v) is 9.02. The van der Waals surface area contributed by atoms with Crippen molar-refractivity contribution < 1.29 is 42.1 Å². The van der Waals surface area contributed by atoms with Crippen molar-refractivity contribution in [2.45, 2.75) is 148 Å². The number of phosphoric acid groups is 1. The molecule has 0 aromatic carbocycles. The molecule has 9 nitrogen and oxygen atoms in total. The van der Waals surface area contributed by atoms with Gasteiger partial charge in [0, 0.05) is 12.8 Å². The molecule has 0 aromatic rings. The van der Waals surface area contributed by atoms with Gasteiger partial charge in [0.05, 0.1) is 27.7 Å². The highest BCUT2D eigenvalue weighted by atomic mass is 31.2. The number of allylic oxidation sites excluding steroid dienone is 10. The molecule has 0 aliphatic heterocycles. The van der Waals surface area contributed by atoms with E-state index in [0.29, 0.717) is 23.9 Å². The number of quaternary nitrogens is 1. The Bertz CT molecular complexity index is 1080. The predicted octanol–water partition coefficient (Wildman–Crippen LogP) is 10.3. The van der Waals surface area contributed by atoms with Crippen LogP contribution < -0.4 is 4.89 Å². The Morgan fingerprint density at radius 2 is 1.10 bits per heavy atom. The number of likely N-dealkylation sites (N-methyl/N-ethyl adjacent to an activating group) is 1. The lowest BCUT2D eigenvalue weighted by atomic mass is 10.1. The van der Waals surface area contributed by atoms with Crippen molar-refractivity contribution in [2.75, 3.05) is 47.5 Å². The molecule has 0 bridgehead atoms. The first-order valence-corrected chi connectivity index (χ1v) is 21.5. The minimum atomic E-state index is -4.63. The molecule has 0 saturated carbocycles. The summed E-state index contributed by atoms with van der Waals surface area (Å²) in [6.07, 6.45) is 39.7. The van der Waals surface area contributed by atoms with E-state index < -0.39 is 32.5 Å². The van der Waals surface area contributed by atoms with Gasteiger partial charge < -0.3 is 27.9 Å². The van der Waals surface area contributed by atoms with E-state index in [1.54, 1.807) is 0 Å². The number of carbonyl (C=O) groups is 2. The summed E-state index contributed by atoms with van der Waals surface area (Å²) in [4.78, 5) is 37.3. The summed E-state index contributed by atoms with van der Waals surface area (Å²) in [7, 11) is 1.12. The fourth-order valence-electron chi connectivity index (χ4n) is 4.92. The molecule has 10 heteroatoms. The zero-order valence-corrected chi connectivity index (χ0v) is 34.4. The van der Waals surface area contributed by atoms with E-state index in [4.69, 9.17) is 18.5 Å². The summed E-state index contributed by atoms with van der Waals surface area (Å²) < 4.78 is 33.7. The van der Waals surface area contributed by atoms with Crippen LogP contribution in [0.3, 0.4) is 0 Å². The molecule has 0 aromatic heterocycles. The Morgan fingerprint density at radius 3 is 1.62 bits per heavy atom. The van der Waals surface area contributed by atoms with Gasteiger partial charge in [-0.15, -0.1) is 0 Å². The highest BCUT2D eigenvalue weighted by molar-refractivity contribution is 7.45. The zero-order valence-electron chi connectivity index (χ0n) is 33.5. The number of hydrogen-bond acceptors (Lipinski definition) is 8. The molecule has 0 aliphatic carbocycles. The van der Waals surface area contributed by atoms with Gasteiger partial charge in [0.2, 0.25) is 0 Å². The molecule has 1 unspecified atom stereocenters. The summed E-state index contributed by atoms with van der Waals surface area (Å²) >= 11 is 0. The Balaban J connectivity index is 4.53. The maximum atomic E-state index is 12.6. The third-order valence-electron chi connectivity index (χ3n) is 8.05. The van der Waals surface area contributed by atoms with Crippen LogP contribution in [0, 0.1) is 0 Å². The van der Waals surface area contributed by atoms with E-state index in [-0.39, 0.29) is 26.1 Å². The van der Waals surface area contributed by atoms with Crippen LogP contribution in [0.4, 0.5) is 0 Å². The van der Waals surface area contributed by atoms with Crippen molar-refractivity contribution in [3.63, 3.8) is 0 Å². The van der Waals surface area contributed by atoms with Gasteiger partial charge in [0.1, 0.15) is 19.8 Å². The van der Waals surface area contributed by atoms with Crippen molar-refractivity contribution >= 4 is 19.8 Å². The fraction of sp³-hybridized carbons (Fsp3) is 0.714. The number of ether oxygens (including phenoxy) is 2. The minimum absolute atomic E-state index is 0.0432. The smallest absolute Gasteiger partial charge is 0.306 e. The maximum Gasteiger partial charge on any atom is 0.306 e. The Labute approximate surface area is 317 Å².